The number of thiocarbonyl (C=S) groups is 1. The minimum absolute atomic E-state index is 0.201. The van der Waals surface area contributed by atoms with Crippen molar-refractivity contribution >= 4 is 40.3 Å². The molecular formula is C19H14N2O3S2. The second-order valence-electron chi connectivity index (χ2n) is 5.32. The fraction of sp³-hybridized carbons (Fsp3) is 0.105. The number of nitriles is 1. The van der Waals surface area contributed by atoms with Crippen LogP contribution in [0.15, 0.2) is 47.4 Å². The maximum Gasteiger partial charge on any atom is 0.263 e. The maximum absolute atomic E-state index is 11.8. The van der Waals surface area contributed by atoms with E-state index in [1.54, 1.807) is 31.4 Å². The summed E-state index contributed by atoms with van der Waals surface area (Å²) in [6.45, 7) is 0.257. The van der Waals surface area contributed by atoms with E-state index in [1.807, 2.05) is 24.3 Å². The predicted molar refractivity (Wildman–Crippen MR) is 105 cm³/mol. The normalized spacial score (nSPS) is 14.8. The lowest BCUT2D eigenvalue weighted by atomic mass is 10.1. The molecule has 1 N–H and O–H groups in total. The van der Waals surface area contributed by atoms with Crippen LogP contribution in [-0.4, -0.2) is 17.3 Å². The second-order valence-corrected chi connectivity index (χ2v) is 7.04. The van der Waals surface area contributed by atoms with Crippen molar-refractivity contribution in [3.05, 3.63) is 64.1 Å². The van der Waals surface area contributed by atoms with Gasteiger partial charge in [0, 0.05) is 5.56 Å². The number of nitrogens with zero attached hydrogens (tertiary/aromatic N) is 1. The summed E-state index contributed by atoms with van der Waals surface area (Å²) in [6, 6.07) is 14.8. The van der Waals surface area contributed by atoms with Crippen molar-refractivity contribution in [2.24, 2.45) is 0 Å². The average Bonchev–Trinajstić information content (AvgIpc) is 2.97. The van der Waals surface area contributed by atoms with Crippen LogP contribution in [0.1, 0.15) is 16.7 Å². The van der Waals surface area contributed by atoms with E-state index in [2.05, 4.69) is 11.4 Å². The quantitative estimate of drug-likeness (QED) is 0.629. The number of amides is 1. The molecule has 130 valence electrons. The molecule has 26 heavy (non-hydrogen) atoms. The van der Waals surface area contributed by atoms with Gasteiger partial charge >= 0.3 is 0 Å². The third-order valence-electron chi connectivity index (χ3n) is 3.65. The van der Waals surface area contributed by atoms with E-state index < -0.39 is 0 Å². The standard InChI is InChI=1S/C19H14N2O3S2/c1-23-16-8-12(9-17-18(22)21-19(25)26-17)6-7-15(16)24-11-14-5-3-2-4-13(14)10-20/h2-9H,11H2,1H3,(H,21,22,25)/b17-9+. The van der Waals surface area contributed by atoms with Crippen molar-refractivity contribution in [3.63, 3.8) is 0 Å². The molecule has 0 bridgehead atoms. The molecule has 0 radical (unpaired) electrons. The molecule has 1 fully saturated rings. The number of thioether (sulfide) groups is 1. The number of hydrogen-bond donors (Lipinski definition) is 1. The van der Waals surface area contributed by atoms with Gasteiger partial charge in [-0.2, -0.15) is 5.26 Å². The molecule has 0 aromatic heterocycles. The van der Waals surface area contributed by atoms with Crippen LogP contribution < -0.4 is 14.8 Å². The number of ether oxygens (including phenoxy) is 2. The Balaban J connectivity index is 1.79. The van der Waals surface area contributed by atoms with Crippen molar-refractivity contribution < 1.29 is 14.3 Å². The van der Waals surface area contributed by atoms with Crippen LogP contribution in [0.2, 0.25) is 0 Å². The zero-order chi connectivity index (χ0) is 18.5. The second kappa shape index (κ2) is 8.04. The number of hydrogen-bond acceptors (Lipinski definition) is 6. The summed E-state index contributed by atoms with van der Waals surface area (Å²) >= 11 is 6.21. The van der Waals surface area contributed by atoms with Gasteiger partial charge in [-0.3, -0.25) is 4.79 Å². The molecule has 1 amide bonds. The Labute approximate surface area is 160 Å². The highest BCUT2D eigenvalue weighted by Gasteiger charge is 2.22. The molecule has 1 aliphatic rings. The van der Waals surface area contributed by atoms with Gasteiger partial charge in [0.2, 0.25) is 0 Å². The minimum Gasteiger partial charge on any atom is -0.493 e. The Bertz CT molecular complexity index is 948. The number of benzene rings is 2. The molecular weight excluding hydrogens is 368 g/mol. The number of rotatable bonds is 5. The van der Waals surface area contributed by atoms with E-state index in [0.29, 0.717) is 26.3 Å². The smallest absolute Gasteiger partial charge is 0.263 e. The monoisotopic (exact) mass is 382 g/mol. The van der Waals surface area contributed by atoms with Gasteiger partial charge in [-0.15, -0.1) is 0 Å². The lowest BCUT2D eigenvalue weighted by Gasteiger charge is -2.12. The van der Waals surface area contributed by atoms with Gasteiger partial charge in [-0.1, -0.05) is 48.2 Å². The first kappa shape index (κ1) is 18.0. The van der Waals surface area contributed by atoms with E-state index in [-0.39, 0.29) is 12.5 Å². The molecule has 0 spiro atoms. The van der Waals surface area contributed by atoms with E-state index in [4.69, 9.17) is 27.0 Å². The van der Waals surface area contributed by atoms with E-state index in [9.17, 15) is 4.79 Å². The molecule has 0 saturated carbocycles. The van der Waals surface area contributed by atoms with Crippen LogP contribution in [0.3, 0.4) is 0 Å². The van der Waals surface area contributed by atoms with Crippen LogP contribution in [-0.2, 0) is 11.4 Å². The zero-order valence-electron chi connectivity index (χ0n) is 13.8. The Morgan fingerprint density at radius 1 is 1.27 bits per heavy atom. The minimum atomic E-state index is -0.201. The fourth-order valence-corrected chi connectivity index (χ4v) is 3.42. The number of carbonyl (C=O) groups is 1. The van der Waals surface area contributed by atoms with Gasteiger partial charge in [0.1, 0.15) is 10.9 Å². The number of methoxy groups -OCH3 is 1. The SMILES string of the molecule is COc1cc(/C=C2/SC(=S)NC2=O)ccc1OCc1ccccc1C#N. The molecule has 1 saturated heterocycles. The maximum atomic E-state index is 11.8. The highest BCUT2D eigenvalue weighted by Crippen LogP contribution is 2.32. The zero-order valence-corrected chi connectivity index (χ0v) is 15.4. The highest BCUT2D eigenvalue weighted by atomic mass is 32.2. The van der Waals surface area contributed by atoms with Gasteiger partial charge in [-0.05, 0) is 29.8 Å². The molecule has 3 rings (SSSR count). The molecule has 1 heterocycles. The summed E-state index contributed by atoms with van der Waals surface area (Å²) in [5.74, 6) is 0.897. The molecule has 5 nitrogen and oxygen atoms in total. The van der Waals surface area contributed by atoms with E-state index in [0.717, 1.165) is 11.1 Å². The lowest BCUT2D eigenvalue weighted by molar-refractivity contribution is -0.115. The summed E-state index contributed by atoms with van der Waals surface area (Å²) in [7, 11) is 1.55. The highest BCUT2D eigenvalue weighted by molar-refractivity contribution is 8.26. The summed E-state index contributed by atoms with van der Waals surface area (Å²) in [5.41, 5.74) is 2.18. The first-order valence-electron chi connectivity index (χ1n) is 7.64. The van der Waals surface area contributed by atoms with Gasteiger partial charge in [0.05, 0.1) is 23.6 Å². The Hall–Kier alpha value is -2.82. The summed E-state index contributed by atoms with van der Waals surface area (Å²) in [6.07, 6.45) is 1.75. The largest absolute Gasteiger partial charge is 0.493 e. The molecule has 7 heteroatoms. The van der Waals surface area contributed by atoms with Gasteiger partial charge < -0.3 is 14.8 Å². The third-order valence-corrected chi connectivity index (χ3v) is 4.81. The number of nitrogens with one attached hydrogen (secondary N) is 1. The lowest BCUT2D eigenvalue weighted by Crippen LogP contribution is -2.17. The van der Waals surface area contributed by atoms with Gasteiger partial charge in [0.25, 0.3) is 5.91 Å². The van der Waals surface area contributed by atoms with Crippen LogP contribution >= 0.6 is 24.0 Å². The van der Waals surface area contributed by atoms with E-state index >= 15 is 0 Å². The summed E-state index contributed by atoms with van der Waals surface area (Å²) in [4.78, 5) is 12.3. The van der Waals surface area contributed by atoms with Crippen molar-refractivity contribution in [3.8, 4) is 17.6 Å². The Morgan fingerprint density at radius 3 is 2.77 bits per heavy atom. The average molecular weight is 382 g/mol. The first-order valence-corrected chi connectivity index (χ1v) is 8.87. The van der Waals surface area contributed by atoms with Crippen molar-refractivity contribution in [1.29, 1.82) is 5.26 Å². The summed E-state index contributed by atoms with van der Waals surface area (Å²) in [5, 5.41) is 11.7. The van der Waals surface area contributed by atoms with Crippen molar-refractivity contribution in [1.82, 2.24) is 5.32 Å². The van der Waals surface area contributed by atoms with Crippen LogP contribution in [0.5, 0.6) is 11.5 Å². The van der Waals surface area contributed by atoms with Crippen molar-refractivity contribution in [2.75, 3.05) is 7.11 Å². The Morgan fingerprint density at radius 2 is 2.08 bits per heavy atom. The van der Waals surface area contributed by atoms with Gasteiger partial charge in [-0.25, -0.2) is 0 Å². The predicted octanol–water partition coefficient (Wildman–Crippen LogP) is 3.63. The molecule has 2 aromatic rings. The van der Waals surface area contributed by atoms with Crippen molar-refractivity contribution in [2.45, 2.75) is 6.61 Å². The van der Waals surface area contributed by atoms with Crippen LogP contribution in [0.4, 0.5) is 0 Å². The number of carbonyl (C=O) groups excluding carboxylic acids is 1. The topological polar surface area (TPSA) is 71.3 Å². The molecule has 1 aliphatic heterocycles. The molecule has 0 atom stereocenters. The fourth-order valence-electron chi connectivity index (χ4n) is 2.38. The first-order chi connectivity index (χ1) is 12.6. The van der Waals surface area contributed by atoms with Gasteiger partial charge in [0.15, 0.2) is 11.5 Å². The summed E-state index contributed by atoms with van der Waals surface area (Å²) < 4.78 is 11.7. The Kier molecular flexibility index (Phi) is 5.56. The molecule has 2 aromatic carbocycles. The molecule has 0 unspecified atom stereocenters. The van der Waals surface area contributed by atoms with Crippen LogP contribution in [0, 0.1) is 11.3 Å². The molecule has 0 aliphatic carbocycles. The third kappa shape index (κ3) is 4.04. The van der Waals surface area contributed by atoms with E-state index in [1.165, 1.54) is 11.8 Å². The van der Waals surface area contributed by atoms with Crippen LogP contribution in [0.25, 0.3) is 6.08 Å².